The van der Waals surface area contributed by atoms with E-state index in [1.807, 2.05) is 60.7 Å². The quantitative estimate of drug-likeness (QED) is 0.745. The van der Waals surface area contributed by atoms with Crippen molar-refractivity contribution in [3.63, 3.8) is 0 Å². The zero-order valence-corrected chi connectivity index (χ0v) is 12.2. The van der Waals surface area contributed by atoms with Crippen LogP contribution in [0.2, 0.25) is 0 Å². The first kappa shape index (κ1) is 14.1. The number of aromatic nitrogens is 1. The first-order valence-electron chi connectivity index (χ1n) is 7.03. The molecule has 0 fully saturated rings. The number of pyridine rings is 1. The maximum absolute atomic E-state index is 11.2. The molecular weight excluding hydrogens is 276 g/mol. The van der Waals surface area contributed by atoms with Gasteiger partial charge in [-0.25, -0.2) is 4.98 Å². The summed E-state index contributed by atoms with van der Waals surface area (Å²) < 4.78 is 4.66. The molecule has 0 aliphatic rings. The predicted molar refractivity (Wildman–Crippen MR) is 87.2 cm³/mol. The molecule has 0 saturated carbocycles. The number of methoxy groups -OCH3 is 1. The molecule has 0 saturated heterocycles. The number of anilines is 2. The Morgan fingerprint density at radius 2 is 1.82 bits per heavy atom. The summed E-state index contributed by atoms with van der Waals surface area (Å²) in [4.78, 5) is 15.8. The van der Waals surface area contributed by atoms with Gasteiger partial charge in [0.25, 0.3) is 0 Å². The lowest BCUT2D eigenvalue weighted by Crippen LogP contribution is -2.04. The molecule has 0 bridgehead atoms. The largest absolute Gasteiger partial charge is 0.469 e. The van der Waals surface area contributed by atoms with Gasteiger partial charge < -0.3 is 10.1 Å². The standard InChI is InChI=1S/C18H16N2O2/c1-22-18(21)12-13-6-9-15(10-7-13)19-17-11-8-14-4-2-3-5-16(14)20-17/h2-11H,12H2,1H3,(H,19,20). The smallest absolute Gasteiger partial charge is 0.309 e. The highest BCUT2D eigenvalue weighted by atomic mass is 16.5. The van der Waals surface area contributed by atoms with E-state index >= 15 is 0 Å². The van der Waals surface area contributed by atoms with Gasteiger partial charge in [-0.15, -0.1) is 0 Å². The van der Waals surface area contributed by atoms with E-state index in [9.17, 15) is 4.79 Å². The highest BCUT2D eigenvalue weighted by Gasteiger charge is 2.03. The van der Waals surface area contributed by atoms with Crippen molar-refractivity contribution < 1.29 is 9.53 Å². The van der Waals surface area contributed by atoms with Crippen LogP contribution in [0.4, 0.5) is 11.5 Å². The average Bonchev–Trinajstić information content (AvgIpc) is 2.56. The van der Waals surface area contributed by atoms with E-state index < -0.39 is 0 Å². The molecule has 22 heavy (non-hydrogen) atoms. The molecule has 1 heterocycles. The third-order valence-corrected chi connectivity index (χ3v) is 3.40. The van der Waals surface area contributed by atoms with Crippen LogP contribution in [0, 0.1) is 0 Å². The van der Waals surface area contributed by atoms with Gasteiger partial charge in [0, 0.05) is 11.1 Å². The highest BCUT2D eigenvalue weighted by molar-refractivity contribution is 5.80. The number of nitrogens with one attached hydrogen (secondary N) is 1. The van der Waals surface area contributed by atoms with E-state index in [1.54, 1.807) is 0 Å². The highest BCUT2D eigenvalue weighted by Crippen LogP contribution is 2.19. The van der Waals surface area contributed by atoms with Gasteiger partial charge in [-0.2, -0.15) is 0 Å². The molecule has 0 radical (unpaired) electrons. The predicted octanol–water partition coefficient (Wildman–Crippen LogP) is 3.69. The summed E-state index contributed by atoms with van der Waals surface area (Å²) >= 11 is 0. The second-order valence-corrected chi connectivity index (χ2v) is 4.96. The summed E-state index contributed by atoms with van der Waals surface area (Å²) in [5.74, 6) is 0.552. The third-order valence-electron chi connectivity index (χ3n) is 3.40. The van der Waals surface area contributed by atoms with Crippen molar-refractivity contribution in [1.82, 2.24) is 4.98 Å². The molecule has 4 nitrogen and oxygen atoms in total. The number of nitrogens with zero attached hydrogens (tertiary/aromatic N) is 1. The molecule has 110 valence electrons. The van der Waals surface area contributed by atoms with Crippen LogP contribution < -0.4 is 5.32 Å². The number of carbonyl (C=O) groups excluding carboxylic acids is 1. The average molecular weight is 292 g/mol. The normalized spacial score (nSPS) is 10.4. The zero-order chi connectivity index (χ0) is 15.4. The molecule has 1 N–H and O–H groups in total. The van der Waals surface area contributed by atoms with E-state index in [1.165, 1.54) is 7.11 Å². The Kier molecular flexibility index (Phi) is 4.01. The second kappa shape index (κ2) is 6.26. The topological polar surface area (TPSA) is 51.2 Å². The van der Waals surface area contributed by atoms with Crippen LogP contribution in [0.15, 0.2) is 60.7 Å². The lowest BCUT2D eigenvalue weighted by molar-refractivity contribution is -0.139. The molecule has 2 aromatic carbocycles. The Morgan fingerprint density at radius 3 is 2.59 bits per heavy atom. The molecule has 3 aromatic rings. The molecule has 0 spiro atoms. The van der Waals surface area contributed by atoms with Gasteiger partial charge in [-0.05, 0) is 35.9 Å². The van der Waals surface area contributed by atoms with Crippen LogP contribution in [-0.4, -0.2) is 18.1 Å². The van der Waals surface area contributed by atoms with Gasteiger partial charge in [0.05, 0.1) is 19.0 Å². The minimum Gasteiger partial charge on any atom is -0.469 e. The van der Waals surface area contributed by atoms with Crippen molar-refractivity contribution in [3.05, 3.63) is 66.2 Å². The van der Waals surface area contributed by atoms with Gasteiger partial charge in [0.1, 0.15) is 5.82 Å². The van der Waals surface area contributed by atoms with Crippen molar-refractivity contribution in [3.8, 4) is 0 Å². The van der Waals surface area contributed by atoms with E-state index in [4.69, 9.17) is 0 Å². The van der Waals surface area contributed by atoms with Crippen LogP contribution in [0.25, 0.3) is 10.9 Å². The van der Waals surface area contributed by atoms with E-state index in [-0.39, 0.29) is 12.4 Å². The fraction of sp³-hybridized carbons (Fsp3) is 0.111. The van der Waals surface area contributed by atoms with Crippen LogP contribution >= 0.6 is 0 Å². The van der Waals surface area contributed by atoms with Crippen molar-refractivity contribution in [1.29, 1.82) is 0 Å². The van der Waals surface area contributed by atoms with Crippen molar-refractivity contribution in [2.45, 2.75) is 6.42 Å². The third kappa shape index (κ3) is 3.23. The lowest BCUT2D eigenvalue weighted by Gasteiger charge is -2.07. The van der Waals surface area contributed by atoms with Crippen molar-refractivity contribution in [2.75, 3.05) is 12.4 Å². The Hall–Kier alpha value is -2.88. The molecule has 3 rings (SSSR count). The summed E-state index contributed by atoms with van der Waals surface area (Å²) in [6.45, 7) is 0. The fourth-order valence-electron chi connectivity index (χ4n) is 2.23. The first-order chi connectivity index (χ1) is 10.7. The summed E-state index contributed by atoms with van der Waals surface area (Å²) in [5, 5.41) is 4.38. The molecule has 1 aromatic heterocycles. The summed E-state index contributed by atoms with van der Waals surface area (Å²) in [6, 6.07) is 19.6. The number of hydrogen-bond acceptors (Lipinski definition) is 4. The summed E-state index contributed by atoms with van der Waals surface area (Å²) in [7, 11) is 1.39. The monoisotopic (exact) mass is 292 g/mol. The van der Waals surface area contributed by atoms with Crippen molar-refractivity contribution in [2.24, 2.45) is 0 Å². The van der Waals surface area contributed by atoms with Crippen LogP contribution in [-0.2, 0) is 16.0 Å². The molecule has 0 aliphatic carbocycles. The zero-order valence-electron chi connectivity index (χ0n) is 12.2. The number of benzene rings is 2. The minimum atomic E-state index is -0.239. The Morgan fingerprint density at radius 1 is 1.05 bits per heavy atom. The maximum atomic E-state index is 11.2. The van der Waals surface area contributed by atoms with Gasteiger partial charge in [-0.1, -0.05) is 30.3 Å². The lowest BCUT2D eigenvalue weighted by atomic mass is 10.1. The molecule has 0 unspecified atom stereocenters. The number of ether oxygens (including phenoxy) is 1. The fourth-order valence-corrected chi connectivity index (χ4v) is 2.23. The Bertz CT molecular complexity index is 798. The van der Waals surface area contributed by atoms with Crippen LogP contribution in [0.1, 0.15) is 5.56 Å². The Balaban J connectivity index is 1.75. The summed E-state index contributed by atoms with van der Waals surface area (Å²) in [5.41, 5.74) is 2.80. The van der Waals surface area contributed by atoms with Gasteiger partial charge in [0.15, 0.2) is 0 Å². The van der Waals surface area contributed by atoms with Gasteiger partial charge >= 0.3 is 5.97 Å². The van der Waals surface area contributed by atoms with Crippen LogP contribution in [0.3, 0.4) is 0 Å². The van der Waals surface area contributed by atoms with E-state index in [0.717, 1.165) is 28.0 Å². The Labute approximate surface area is 128 Å². The molecule has 0 aliphatic heterocycles. The minimum absolute atomic E-state index is 0.239. The van der Waals surface area contributed by atoms with E-state index in [0.29, 0.717) is 0 Å². The number of para-hydroxylation sites is 1. The molecular formula is C18H16N2O2. The van der Waals surface area contributed by atoms with Crippen LogP contribution in [0.5, 0.6) is 0 Å². The number of esters is 1. The number of rotatable bonds is 4. The number of carbonyl (C=O) groups is 1. The van der Waals surface area contributed by atoms with E-state index in [2.05, 4.69) is 15.0 Å². The maximum Gasteiger partial charge on any atom is 0.309 e. The SMILES string of the molecule is COC(=O)Cc1ccc(Nc2ccc3ccccc3n2)cc1. The number of hydrogen-bond donors (Lipinski definition) is 1. The molecule has 0 amide bonds. The van der Waals surface area contributed by atoms with Gasteiger partial charge in [-0.3, -0.25) is 4.79 Å². The van der Waals surface area contributed by atoms with Crippen molar-refractivity contribution >= 4 is 28.4 Å². The first-order valence-corrected chi connectivity index (χ1v) is 7.03. The van der Waals surface area contributed by atoms with Gasteiger partial charge in [0.2, 0.25) is 0 Å². The summed E-state index contributed by atoms with van der Waals surface area (Å²) in [6.07, 6.45) is 0.283. The number of fused-ring (bicyclic) bond motifs is 1. The molecule has 4 heteroatoms. The second-order valence-electron chi connectivity index (χ2n) is 4.96. The molecule has 0 atom stereocenters.